The molecule has 0 fully saturated rings. The predicted molar refractivity (Wildman–Crippen MR) is 67.1 cm³/mol. The fourth-order valence-electron chi connectivity index (χ4n) is 1.77. The molecule has 1 N–H and O–H groups in total. The molecule has 3 nitrogen and oxygen atoms in total. The molecule has 0 atom stereocenters. The normalized spacial score (nSPS) is 12.1. The smallest absolute Gasteiger partial charge is 0.0738 e. The molecule has 0 radical (unpaired) electrons. The van der Waals surface area contributed by atoms with Gasteiger partial charge in [0.25, 0.3) is 0 Å². The van der Waals surface area contributed by atoms with Crippen LogP contribution in [0.1, 0.15) is 25.2 Å². The minimum atomic E-state index is 0.220. The van der Waals surface area contributed by atoms with Crippen molar-refractivity contribution in [1.29, 1.82) is 0 Å². The first kappa shape index (κ1) is 12.7. The van der Waals surface area contributed by atoms with E-state index in [9.17, 15) is 0 Å². The van der Waals surface area contributed by atoms with E-state index in [2.05, 4.69) is 51.8 Å². The van der Waals surface area contributed by atoms with Gasteiger partial charge in [0.15, 0.2) is 0 Å². The molecule has 0 aliphatic rings. The van der Waals surface area contributed by atoms with Crippen molar-refractivity contribution in [1.82, 2.24) is 15.1 Å². The molecule has 0 aliphatic carbocycles. The summed E-state index contributed by atoms with van der Waals surface area (Å²) in [6.45, 7) is 10.5. The molecule has 1 heterocycles. The number of nitrogens with zero attached hydrogens (tertiary/aromatic N) is 2. The predicted octanol–water partition coefficient (Wildman–Crippen LogP) is 2.51. The van der Waals surface area contributed by atoms with Gasteiger partial charge in [-0.3, -0.25) is 4.68 Å². The van der Waals surface area contributed by atoms with Crippen LogP contribution >= 0.6 is 15.9 Å². The lowest BCUT2D eigenvalue weighted by atomic mass is 9.93. The first-order valence-electron chi connectivity index (χ1n) is 5.21. The maximum atomic E-state index is 4.52. The fraction of sp³-hybridized carbons (Fsp3) is 0.727. The Morgan fingerprint density at radius 3 is 2.40 bits per heavy atom. The van der Waals surface area contributed by atoms with Crippen LogP contribution in [0.2, 0.25) is 0 Å². The molecule has 1 aromatic heterocycles. The van der Waals surface area contributed by atoms with Crippen LogP contribution in [-0.2, 0) is 6.54 Å². The van der Waals surface area contributed by atoms with E-state index in [-0.39, 0.29) is 5.41 Å². The lowest BCUT2D eigenvalue weighted by molar-refractivity contribution is 0.280. The van der Waals surface area contributed by atoms with Crippen LogP contribution in [0.4, 0.5) is 0 Å². The SMILES string of the molecule is CNCC(C)(C)Cn1nc(C)c(Br)c1C. The lowest BCUT2D eigenvalue weighted by Gasteiger charge is -2.24. The summed E-state index contributed by atoms with van der Waals surface area (Å²) in [5, 5.41) is 7.74. The largest absolute Gasteiger partial charge is 0.319 e. The summed E-state index contributed by atoms with van der Waals surface area (Å²) in [6, 6.07) is 0. The molecule has 0 aromatic carbocycles. The van der Waals surface area contributed by atoms with Gasteiger partial charge in [0.2, 0.25) is 0 Å². The van der Waals surface area contributed by atoms with Gasteiger partial charge in [-0.15, -0.1) is 0 Å². The Hall–Kier alpha value is -0.350. The first-order chi connectivity index (χ1) is 6.87. The first-order valence-corrected chi connectivity index (χ1v) is 6.01. The van der Waals surface area contributed by atoms with Gasteiger partial charge in [-0.2, -0.15) is 5.10 Å². The zero-order chi connectivity index (χ0) is 11.6. The Kier molecular flexibility index (Phi) is 3.95. The molecule has 0 amide bonds. The molecule has 1 rings (SSSR count). The third-order valence-electron chi connectivity index (χ3n) is 2.53. The summed E-state index contributed by atoms with van der Waals surface area (Å²) in [5.41, 5.74) is 2.49. The van der Waals surface area contributed by atoms with Crippen LogP contribution in [-0.4, -0.2) is 23.4 Å². The zero-order valence-corrected chi connectivity index (χ0v) is 11.8. The Morgan fingerprint density at radius 1 is 1.40 bits per heavy atom. The minimum Gasteiger partial charge on any atom is -0.319 e. The second kappa shape index (κ2) is 4.66. The second-order valence-electron chi connectivity index (χ2n) is 4.84. The molecular weight excluding hydrogens is 254 g/mol. The molecule has 86 valence electrons. The maximum absolute atomic E-state index is 4.52. The molecule has 0 aliphatic heterocycles. The molecule has 4 heteroatoms. The van der Waals surface area contributed by atoms with Crippen LogP contribution in [0.15, 0.2) is 4.47 Å². The number of nitrogens with one attached hydrogen (secondary N) is 1. The molecule has 1 aromatic rings. The van der Waals surface area contributed by atoms with Crippen LogP contribution in [0.5, 0.6) is 0 Å². The summed E-state index contributed by atoms with van der Waals surface area (Å²) >= 11 is 3.55. The third kappa shape index (κ3) is 3.05. The molecule has 15 heavy (non-hydrogen) atoms. The minimum absolute atomic E-state index is 0.220. The number of aromatic nitrogens is 2. The van der Waals surface area contributed by atoms with Gasteiger partial charge in [0.05, 0.1) is 10.2 Å². The van der Waals surface area contributed by atoms with Gasteiger partial charge in [-0.25, -0.2) is 0 Å². The Balaban J connectivity index is 2.85. The highest BCUT2D eigenvalue weighted by molar-refractivity contribution is 9.10. The number of hydrogen-bond acceptors (Lipinski definition) is 2. The Morgan fingerprint density at radius 2 is 2.00 bits per heavy atom. The zero-order valence-electron chi connectivity index (χ0n) is 10.2. The Labute approximate surface area is 100 Å². The molecular formula is C11H20BrN3. The Bertz CT molecular complexity index is 342. The second-order valence-corrected chi connectivity index (χ2v) is 5.63. The summed E-state index contributed by atoms with van der Waals surface area (Å²) in [4.78, 5) is 0. The third-order valence-corrected chi connectivity index (χ3v) is 3.67. The van der Waals surface area contributed by atoms with Gasteiger partial charge < -0.3 is 5.32 Å². The summed E-state index contributed by atoms with van der Waals surface area (Å²) in [5.74, 6) is 0. The standard InChI is InChI=1S/C11H20BrN3/c1-8-10(12)9(2)15(14-8)7-11(3,4)6-13-5/h13H,6-7H2,1-5H3. The van der Waals surface area contributed by atoms with Crippen LogP contribution in [0, 0.1) is 19.3 Å². The number of hydrogen-bond donors (Lipinski definition) is 1. The fourth-order valence-corrected chi connectivity index (χ4v) is 2.05. The summed E-state index contributed by atoms with van der Waals surface area (Å²) in [6.07, 6.45) is 0. The molecule has 0 bridgehead atoms. The van der Waals surface area contributed by atoms with E-state index in [0.717, 1.165) is 23.3 Å². The van der Waals surface area contributed by atoms with Crippen molar-refractivity contribution in [3.05, 3.63) is 15.9 Å². The highest BCUT2D eigenvalue weighted by atomic mass is 79.9. The highest BCUT2D eigenvalue weighted by Crippen LogP contribution is 2.23. The van der Waals surface area contributed by atoms with Crippen molar-refractivity contribution in [3.63, 3.8) is 0 Å². The van der Waals surface area contributed by atoms with Crippen molar-refractivity contribution < 1.29 is 0 Å². The van der Waals surface area contributed by atoms with Gasteiger partial charge >= 0.3 is 0 Å². The van der Waals surface area contributed by atoms with Crippen molar-refractivity contribution in [2.24, 2.45) is 5.41 Å². The van der Waals surface area contributed by atoms with Crippen molar-refractivity contribution >= 4 is 15.9 Å². The topological polar surface area (TPSA) is 29.9 Å². The van der Waals surface area contributed by atoms with Gasteiger partial charge in [0, 0.05) is 18.8 Å². The molecule has 0 saturated carbocycles. The van der Waals surface area contributed by atoms with Crippen LogP contribution in [0.3, 0.4) is 0 Å². The van der Waals surface area contributed by atoms with Crippen molar-refractivity contribution in [3.8, 4) is 0 Å². The monoisotopic (exact) mass is 273 g/mol. The van der Waals surface area contributed by atoms with Gasteiger partial charge in [-0.05, 0) is 42.2 Å². The molecule has 0 spiro atoms. The van der Waals surface area contributed by atoms with Crippen LogP contribution in [0.25, 0.3) is 0 Å². The number of rotatable bonds is 4. The highest BCUT2D eigenvalue weighted by Gasteiger charge is 2.20. The van der Waals surface area contributed by atoms with Gasteiger partial charge in [0.1, 0.15) is 0 Å². The average Bonchev–Trinajstić information content (AvgIpc) is 2.33. The van der Waals surface area contributed by atoms with Crippen LogP contribution < -0.4 is 5.32 Å². The van der Waals surface area contributed by atoms with E-state index in [1.807, 2.05) is 14.0 Å². The van der Waals surface area contributed by atoms with E-state index in [1.54, 1.807) is 0 Å². The molecule has 0 saturated heterocycles. The van der Waals surface area contributed by atoms with E-state index < -0.39 is 0 Å². The lowest BCUT2D eigenvalue weighted by Crippen LogP contribution is -2.31. The van der Waals surface area contributed by atoms with E-state index in [1.165, 1.54) is 5.69 Å². The average molecular weight is 274 g/mol. The van der Waals surface area contributed by atoms with Gasteiger partial charge in [-0.1, -0.05) is 13.8 Å². The number of halogens is 1. The molecule has 0 unspecified atom stereocenters. The quantitative estimate of drug-likeness (QED) is 0.914. The van der Waals surface area contributed by atoms with E-state index in [0.29, 0.717) is 0 Å². The van der Waals surface area contributed by atoms with E-state index in [4.69, 9.17) is 0 Å². The summed E-state index contributed by atoms with van der Waals surface area (Å²) in [7, 11) is 1.98. The van der Waals surface area contributed by atoms with E-state index >= 15 is 0 Å². The van der Waals surface area contributed by atoms with Crippen molar-refractivity contribution in [2.75, 3.05) is 13.6 Å². The maximum Gasteiger partial charge on any atom is 0.0738 e. The van der Waals surface area contributed by atoms with Crippen molar-refractivity contribution in [2.45, 2.75) is 34.2 Å². The number of aryl methyl sites for hydroxylation is 1. The summed E-state index contributed by atoms with van der Waals surface area (Å²) < 4.78 is 3.21.